The van der Waals surface area contributed by atoms with Crippen LogP contribution in [0.4, 0.5) is 0 Å². The number of allylic oxidation sites excluding steroid dienone is 1. The second-order valence-corrected chi connectivity index (χ2v) is 12.2. The molecule has 3 rings (SSSR count). The van der Waals surface area contributed by atoms with Crippen LogP contribution >= 0.6 is 11.6 Å². The van der Waals surface area contributed by atoms with Crippen molar-refractivity contribution < 1.29 is 38.1 Å². The van der Waals surface area contributed by atoms with Crippen molar-refractivity contribution in [1.82, 2.24) is 0 Å². The number of ether oxygens (including phenoxy) is 4. The maximum atomic E-state index is 12.8. The van der Waals surface area contributed by atoms with Crippen molar-refractivity contribution >= 4 is 41.6 Å². The fraction of sp³-hybridized carbons (Fsp3) is 0.500. The van der Waals surface area contributed by atoms with Gasteiger partial charge in [0.1, 0.15) is 0 Å². The Kier molecular flexibility index (Phi) is 19.1. The summed E-state index contributed by atoms with van der Waals surface area (Å²) in [6, 6.07) is 18.9. The molecule has 2 aromatic carbocycles. The van der Waals surface area contributed by atoms with Gasteiger partial charge in [-0.1, -0.05) is 104 Å². The van der Waals surface area contributed by atoms with Crippen molar-refractivity contribution in [2.24, 2.45) is 16.7 Å². The highest BCUT2D eigenvalue weighted by Crippen LogP contribution is 2.34. The number of esters is 4. The first-order valence-corrected chi connectivity index (χ1v) is 18.0. The standard InChI is InChI=1S/C22H24O4.C18H29ClO4/c1-3-25-20(23)22(21(24)26-4-2,17-19-13-9-6-10-14-19)16-15-18-11-7-5-8-12-18;1-3-22-16(20)18(12-8-14-19,17(21)23-4-2)13-11-15-9-6-5-7-10-15/h5-16H,3-4,17H2,1-2H3;11,13,15H,3-10,12,14H2,1-2H3/b16-15+;13-11+. The Labute approximate surface area is 297 Å². The molecule has 1 aliphatic carbocycles. The van der Waals surface area contributed by atoms with E-state index in [4.69, 9.17) is 30.5 Å². The molecule has 0 N–H and O–H groups in total. The third kappa shape index (κ3) is 12.8. The monoisotopic (exact) mass is 696 g/mol. The van der Waals surface area contributed by atoms with Gasteiger partial charge in [-0.05, 0) is 70.4 Å². The fourth-order valence-electron chi connectivity index (χ4n) is 5.66. The minimum atomic E-state index is -1.52. The second kappa shape index (κ2) is 22.7. The first-order valence-electron chi connectivity index (χ1n) is 17.4. The van der Waals surface area contributed by atoms with E-state index in [0.717, 1.165) is 24.0 Å². The smallest absolute Gasteiger partial charge is 0.327 e. The number of hydrogen-bond donors (Lipinski definition) is 0. The summed E-state index contributed by atoms with van der Waals surface area (Å²) >= 11 is 5.79. The Morgan fingerprint density at radius 3 is 1.61 bits per heavy atom. The van der Waals surface area contributed by atoms with E-state index in [-0.39, 0.29) is 32.8 Å². The molecule has 0 heterocycles. The lowest BCUT2D eigenvalue weighted by atomic mass is 9.80. The number of carbonyl (C=O) groups excluding carboxylic acids is 4. The molecule has 0 amide bonds. The minimum Gasteiger partial charge on any atom is -0.465 e. The molecule has 0 bridgehead atoms. The van der Waals surface area contributed by atoms with Crippen LogP contribution in [0, 0.1) is 16.7 Å². The summed E-state index contributed by atoms with van der Waals surface area (Å²) in [6.45, 7) is 7.76. The van der Waals surface area contributed by atoms with Gasteiger partial charge in [-0.15, -0.1) is 11.6 Å². The number of benzene rings is 2. The summed E-state index contributed by atoms with van der Waals surface area (Å²) in [4.78, 5) is 50.8. The van der Waals surface area contributed by atoms with Crippen molar-refractivity contribution in [2.45, 2.75) is 79.1 Å². The average Bonchev–Trinajstić information content (AvgIpc) is 3.12. The first-order chi connectivity index (χ1) is 23.7. The third-order valence-electron chi connectivity index (χ3n) is 8.25. The Morgan fingerprint density at radius 2 is 1.14 bits per heavy atom. The van der Waals surface area contributed by atoms with Gasteiger partial charge >= 0.3 is 23.9 Å². The van der Waals surface area contributed by atoms with Crippen LogP contribution in [0.3, 0.4) is 0 Å². The van der Waals surface area contributed by atoms with Crippen LogP contribution in [0.25, 0.3) is 6.08 Å². The largest absolute Gasteiger partial charge is 0.465 e. The first kappa shape index (κ1) is 41.3. The van der Waals surface area contributed by atoms with Gasteiger partial charge in [0, 0.05) is 12.3 Å². The van der Waals surface area contributed by atoms with Crippen molar-refractivity contribution in [1.29, 1.82) is 0 Å². The topological polar surface area (TPSA) is 105 Å². The SMILES string of the molecule is CCOC(=O)C(/C=C/C1CCCCC1)(CCCCl)C(=O)OCC.CCOC(=O)C(/C=C/c1ccccc1)(Cc1ccccc1)C(=O)OCC. The zero-order chi connectivity index (χ0) is 36.0. The molecule has 0 atom stereocenters. The van der Waals surface area contributed by atoms with Crippen LogP contribution in [0.15, 0.2) is 78.9 Å². The summed E-state index contributed by atoms with van der Waals surface area (Å²) in [7, 11) is 0. The van der Waals surface area contributed by atoms with E-state index in [1.165, 1.54) is 19.3 Å². The van der Waals surface area contributed by atoms with E-state index in [1.54, 1.807) is 45.9 Å². The van der Waals surface area contributed by atoms with Gasteiger partial charge in [0.25, 0.3) is 0 Å². The van der Waals surface area contributed by atoms with Crippen molar-refractivity contribution in [3.8, 4) is 0 Å². The highest BCUT2D eigenvalue weighted by Gasteiger charge is 2.47. The molecule has 49 heavy (non-hydrogen) atoms. The summed E-state index contributed by atoms with van der Waals surface area (Å²) < 4.78 is 20.8. The van der Waals surface area contributed by atoms with Gasteiger partial charge < -0.3 is 18.9 Å². The number of hydrogen-bond acceptors (Lipinski definition) is 8. The van der Waals surface area contributed by atoms with Gasteiger partial charge in [0.05, 0.1) is 26.4 Å². The van der Waals surface area contributed by atoms with Crippen LogP contribution in [-0.4, -0.2) is 56.2 Å². The van der Waals surface area contributed by atoms with Crippen LogP contribution in [-0.2, 0) is 44.5 Å². The minimum absolute atomic E-state index is 0.175. The number of halogens is 1. The molecule has 0 unspecified atom stereocenters. The quantitative estimate of drug-likeness (QED) is 0.0535. The summed E-state index contributed by atoms with van der Waals surface area (Å²) in [5.41, 5.74) is -1.15. The highest BCUT2D eigenvalue weighted by molar-refractivity contribution is 6.17. The van der Waals surface area contributed by atoms with Crippen LogP contribution in [0.1, 0.15) is 83.8 Å². The Hall–Kier alpha value is -3.91. The Balaban J connectivity index is 0.000000343. The summed E-state index contributed by atoms with van der Waals surface area (Å²) in [5, 5.41) is 0. The molecular formula is C40H53ClO8. The number of rotatable bonds is 17. The van der Waals surface area contributed by atoms with Gasteiger partial charge in [-0.2, -0.15) is 0 Å². The molecule has 1 fully saturated rings. The molecule has 0 radical (unpaired) electrons. The number of alkyl halides is 1. The van der Waals surface area contributed by atoms with Gasteiger partial charge in [-0.25, -0.2) is 0 Å². The maximum absolute atomic E-state index is 12.8. The van der Waals surface area contributed by atoms with E-state index < -0.39 is 34.7 Å². The Morgan fingerprint density at radius 1 is 0.673 bits per heavy atom. The average molecular weight is 697 g/mol. The fourth-order valence-corrected chi connectivity index (χ4v) is 5.80. The zero-order valence-electron chi connectivity index (χ0n) is 29.5. The molecule has 0 aromatic heterocycles. The molecule has 1 aliphatic rings. The van der Waals surface area contributed by atoms with E-state index in [9.17, 15) is 19.2 Å². The molecule has 0 saturated heterocycles. The van der Waals surface area contributed by atoms with Gasteiger partial charge in [-0.3, -0.25) is 19.2 Å². The molecule has 0 spiro atoms. The predicted octanol–water partition coefficient (Wildman–Crippen LogP) is 8.31. The lowest BCUT2D eigenvalue weighted by Gasteiger charge is -2.27. The van der Waals surface area contributed by atoms with Crippen molar-refractivity contribution in [3.63, 3.8) is 0 Å². The molecule has 0 aliphatic heterocycles. The molecule has 2 aromatic rings. The molecular weight excluding hydrogens is 644 g/mol. The van der Waals surface area contributed by atoms with E-state index in [0.29, 0.717) is 24.6 Å². The molecule has 8 nitrogen and oxygen atoms in total. The van der Waals surface area contributed by atoms with Crippen molar-refractivity contribution in [2.75, 3.05) is 32.3 Å². The highest BCUT2D eigenvalue weighted by atomic mass is 35.5. The molecule has 268 valence electrons. The summed E-state index contributed by atoms with van der Waals surface area (Å²) in [5.74, 6) is -1.46. The zero-order valence-corrected chi connectivity index (χ0v) is 30.3. The lowest BCUT2D eigenvalue weighted by Crippen LogP contribution is -2.42. The van der Waals surface area contributed by atoms with E-state index in [1.807, 2.05) is 66.7 Å². The third-order valence-corrected chi connectivity index (χ3v) is 8.52. The Bertz CT molecular complexity index is 1300. The van der Waals surface area contributed by atoms with Gasteiger partial charge in [0.2, 0.25) is 0 Å². The molecule has 9 heteroatoms. The summed E-state index contributed by atoms with van der Waals surface area (Å²) in [6.07, 6.45) is 14.0. The molecule has 1 saturated carbocycles. The van der Waals surface area contributed by atoms with Crippen LogP contribution in [0.5, 0.6) is 0 Å². The van der Waals surface area contributed by atoms with E-state index >= 15 is 0 Å². The maximum Gasteiger partial charge on any atom is 0.327 e. The predicted molar refractivity (Wildman–Crippen MR) is 193 cm³/mol. The normalized spacial score (nSPS) is 13.7. The lowest BCUT2D eigenvalue weighted by molar-refractivity contribution is -0.170. The number of carbonyl (C=O) groups is 4. The second-order valence-electron chi connectivity index (χ2n) is 11.8. The van der Waals surface area contributed by atoms with Crippen LogP contribution in [0.2, 0.25) is 0 Å². The van der Waals surface area contributed by atoms with Gasteiger partial charge in [0.15, 0.2) is 10.8 Å². The van der Waals surface area contributed by atoms with Crippen LogP contribution < -0.4 is 0 Å². The van der Waals surface area contributed by atoms with E-state index in [2.05, 4.69) is 0 Å². The van der Waals surface area contributed by atoms with Crippen molar-refractivity contribution in [3.05, 3.63) is 90.0 Å².